The Balaban J connectivity index is 2.22. The Kier molecular flexibility index (Phi) is 11.1. The van der Waals surface area contributed by atoms with Crippen molar-refractivity contribution in [3.8, 4) is 0 Å². The van der Waals surface area contributed by atoms with E-state index >= 15 is 0 Å². The topological polar surface area (TPSA) is 108 Å². The van der Waals surface area contributed by atoms with Gasteiger partial charge in [-0.15, -0.1) is 0 Å². The Morgan fingerprint density at radius 3 is 3.17 bits per heavy atom. The van der Waals surface area contributed by atoms with Gasteiger partial charge in [0.1, 0.15) is 0 Å². The molecule has 1 heterocycles. The Hall–Kier alpha value is 0.551. The van der Waals surface area contributed by atoms with Crippen LogP contribution >= 0.6 is 7.82 Å². The summed E-state index contributed by atoms with van der Waals surface area (Å²) in [5.74, 6) is 0. The van der Waals surface area contributed by atoms with Crippen molar-refractivity contribution >= 4 is 17.6 Å². The summed E-state index contributed by atoms with van der Waals surface area (Å²) < 4.78 is 43.2. The number of ether oxygens (including phenoxy) is 1. The van der Waals surface area contributed by atoms with E-state index in [0.29, 0.717) is 16.3 Å². The van der Waals surface area contributed by atoms with Crippen LogP contribution in [0, 0.1) is 0 Å². The van der Waals surface area contributed by atoms with Crippen molar-refractivity contribution < 1.29 is 51.1 Å². The fraction of sp³-hybridized carbons (Fsp3) is 1.00. The van der Waals surface area contributed by atoms with Gasteiger partial charge in [0.2, 0.25) is 9.76 Å². The molecule has 1 saturated heterocycles. The zero-order valence-electron chi connectivity index (χ0n) is 13.9. The number of phosphoric acid groups is 1. The van der Waals surface area contributed by atoms with Crippen LogP contribution in [0.1, 0.15) is 14.2 Å². The van der Waals surface area contributed by atoms with Gasteiger partial charge >= 0.3 is 115 Å². The van der Waals surface area contributed by atoms with Gasteiger partial charge in [-0.2, -0.15) is 0 Å². The van der Waals surface area contributed by atoms with Gasteiger partial charge in [-0.3, -0.25) is 0 Å². The van der Waals surface area contributed by atoms with Crippen molar-refractivity contribution in [2.24, 2.45) is 3.95 Å². The molecule has 0 aromatic carbocycles. The number of phosphoric ester groups is 1. The van der Waals surface area contributed by atoms with Crippen molar-refractivity contribution in [3.05, 3.63) is 0 Å². The van der Waals surface area contributed by atoms with Crippen molar-refractivity contribution in [1.82, 2.24) is 5.32 Å². The Morgan fingerprint density at radius 1 is 1.61 bits per heavy atom. The van der Waals surface area contributed by atoms with Crippen LogP contribution in [0.25, 0.3) is 0 Å². The molecule has 2 N–H and O–H groups in total. The van der Waals surface area contributed by atoms with Crippen LogP contribution < -0.4 is 5.32 Å². The van der Waals surface area contributed by atoms with Crippen LogP contribution in [0.4, 0.5) is 0 Å². The van der Waals surface area contributed by atoms with Crippen LogP contribution in [0.15, 0.2) is 3.95 Å². The van der Waals surface area contributed by atoms with Gasteiger partial charge in [0, 0.05) is 7.11 Å². The summed E-state index contributed by atoms with van der Waals surface area (Å²) in [4.78, 5) is 14.6. The van der Waals surface area contributed by atoms with E-state index in [0.717, 1.165) is 19.0 Å². The SMILES string of the molecule is [3H]C1CC(OP(=O)(O)OCCNCCC[Si]OC)C(CO[N]=[V])O1. The Morgan fingerprint density at radius 2 is 2.43 bits per heavy atom. The Bertz CT molecular complexity index is 415. The second-order valence-electron chi connectivity index (χ2n) is 4.60. The first-order chi connectivity index (χ1) is 11.5. The minimum absolute atomic E-state index is 0.0402. The van der Waals surface area contributed by atoms with Gasteiger partial charge in [-0.05, 0) is 12.5 Å². The number of nitrogens with zero attached hydrogens (tertiary/aromatic N) is 1. The predicted molar refractivity (Wildman–Crippen MR) is 78.4 cm³/mol. The molecule has 1 rings (SSSR count). The van der Waals surface area contributed by atoms with Crippen LogP contribution in [0.3, 0.4) is 0 Å². The third-order valence-electron chi connectivity index (χ3n) is 2.89. The summed E-state index contributed by atoms with van der Waals surface area (Å²) in [6.07, 6.45) is -0.254. The van der Waals surface area contributed by atoms with Gasteiger partial charge in [-0.1, -0.05) is 0 Å². The summed E-state index contributed by atoms with van der Waals surface area (Å²) in [5.41, 5.74) is 0. The molecule has 1 aliphatic heterocycles. The third-order valence-corrected chi connectivity index (χ3v) is 4.96. The van der Waals surface area contributed by atoms with Crippen molar-refractivity contribution in [2.75, 3.05) is 40.0 Å². The van der Waals surface area contributed by atoms with Gasteiger partial charge in [0.15, 0.2) is 0 Å². The summed E-state index contributed by atoms with van der Waals surface area (Å²) >= 11 is 1.89. The van der Waals surface area contributed by atoms with E-state index in [4.69, 9.17) is 24.4 Å². The second kappa shape index (κ2) is 12.8. The quantitative estimate of drug-likeness (QED) is 0.187. The fourth-order valence-electron chi connectivity index (χ4n) is 1.83. The van der Waals surface area contributed by atoms with E-state index in [1.807, 2.05) is 17.2 Å². The maximum absolute atomic E-state index is 12.0. The molecule has 0 amide bonds. The first kappa shape index (κ1) is 19.9. The van der Waals surface area contributed by atoms with Gasteiger partial charge < -0.3 is 4.43 Å². The monoisotopic (exact) mass is 407 g/mol. The van der Waals surface area contributed by atoms with E-state index in [1.165, 1.54) is 0 Å². The van der Waals surface area contributed by atoms with E-state index < -0.39 is 26.6 Å². The Labute approximate surface area is 149 Å². The van der Waals surface area contributed by atoms with Crippen molar-refractivity contribution in [2.45, 2.75) is 31.1 Å². The second-order valence-corrected chi connectivity index (χ2v) is 7.46. The van der Waals surface area contributed by atoms with Crippen LogP contribution in [-0.4, -0.2) is 66.9 Å². The molecule has 0 aliphatic carbocycles. The fourth-order valence-corrected chi connectivity index (χ4v) is 3.40. The van der Waals surface area contributed by atoms with Crippen molar-refractivity contribution in [3.63, 3.8) is 0 Å². The molecular formula is C11H23N2O7PSiV. The minimum atomic E-state index is -4.22. The number of rotatable bonds is 14. The van der Waals surface area contributed by atoms with E-state index in [2.05, 4.69) is 9.27 Å². The molecule has 1 aliphatic rings. The van der Waals surface area contributed by atoms with Crippen LogP contribution in [0.2, 0.25) is 6.04 Å². The normalized spacial score (nSPS) is 27.5. The van der Waals surface area contributed by atoms with E-state index in [9.17, 15) is 9.46 Å². The van der Waals surface area contributed by atoms with Gasteiger partial charge in [0.05, 0.1) is 0 Å². The summed E-state index contributed by atoms with van der Waals surface area (Å²) in [6, 6.07) is 0.980. The van der Waals surface area contributed by atoms with Crippen LogP contribution in [-0.2, 0) is 44.8 Å². The first-order valence-corrected chi connectivity index (χ1v) is 10.4. The molecule has 9 nitrogen and oxygen atoms in total. The van der Waals surface area contributed by atoms with E-state index in [1.54, 1.807) is 7.11 Å². The summed E-state index contributed by atoms with van der Waals surface area (Å²) in [5, 5.41) is 3.10. The first-order valence-electron chi connectivity index (χ1n) is 7.72. The average molecular weight is 407 g/mol. The molecule has 12 heteroatoms. The van der Waals surface area contributed by atoms with E-state index in [-0.39, 0.29) is 19.6 Å². The number of hydrogen-bond donors (Lipinski definition) is 2. The summed E-state index contributed by atoms with van der Waals surface area (Å²) in [7, 11) is -2.05. The molecule has 4 unspecified atom stereocenters. The zero-order chi connectivity index (χ0) is 17.8. The molecule has 0 aromatic rings. The molecular weight excluding hydrogens is 382 g/mol. The van der Waals surface area contributed by atoms with Gasteiger partial charge in [-0.25, -0.2) is 0 Å². The molecule has 23 heavy (non-hydrogen) atoms. The molecule has 2 radical (unpaired) electrons. The van der Waals surface area contributed by atoms with Crippen molar-refractivity contribution in [1.29, 1.82) is 0 Å². The third kappa shape index (κ3) is 10.2. The number of hydrogen-bond acceptors (Lipinski definition) is 8. The molecule has 133 valence electrons. The maximum atomic E-state index is 12.0. The molecule has 0 saturated carbocycles. The average Bonchev–Trinajstić information content (AvgIpc) is 2.86. The van der Waals surface area contributed by atoms with Gasteiger partial charge in [0.25, 0.3) is 0 Å². The number of nitrogens with one attached hydrogen (secondary N) is 1. The molecule has 0 aromatic heterocycles. The molecule has 4 atom stereocenters. The molecule has 1 fully saturated rings. The zero-order valence-corrected chi connectivity index (χ0v) is 16.2. The van der Waals surface area contributed by atoms with Crippen LogP contribution in [0.5, 0.6) is 0 Å². The predicted octanol–water partition coefficient (Wildman–Crippen LogP) is 0.603. The molecule has 0 spiro atoms. The molecule has 0 bridgehead atoms. The standard InChI is InChI=1S/C11H23N2O7PSi.V/c1-16-22-8-2-4-13-5-7-19-21(14,15)20-10-3-6-17-11(10)9-18-12;/h10-11,13H,2-9H2,1H3,(H,14,15);/i6T;. The summed E-state index contributed by atoms with van der Waals surface area (Å²) in [6.45, 7) is 0.473.